The minimum absolute atomic E-state index is 0.118. The number of alkyl carbamates (subject to hydrolysis) is 1. The van der Waals surface area contributed by atoms with Crippen molar-refractivity contribution in [3.8, 4) is 5.75 Å². The van der Waals surface area contributed by atoms with E-state index in [1.807, 2.05) is 68.4 Å². The van der Waals surface area contributed by atoms with E-state index in [0.717, 1.165) is 43.1 Å². The van der Waals surface area contributed by atoms with E-state index in [-0.39, 0.29) is 11.9 Å². The van der Waals surface area contributed by atoms with Gasteiger partial charge in [0.2, 0.25) is 5.91 Å². The van der Waals surface area contributed by atoms with Gasteiger partial charge in [-0.3, -0.25) is 4.79 Å². The SMILES string of the molecule is CCN(CC)CCCOc1ccc(N(C(=O)[C@@H](Cc2ccccc2)NC(=O)OC(C)(C)C)C(C)C)cc1. The lowest BCUT2D eigenvalue weighted by atomic mass is 10.0. The van der Waals surface area contributed by atoms with Crippen molar-refractivity contribution in [2.45, 2.75) is 79.0 Å². The number of carbonyl (C=O) groups is 2. The van der Waals surface area contributed by atoms with Crippen LogP contribution in [0.2, 0.25) is 0 Å². The van der Waals surface area contributed by atoms with Crippen LogP contribution in [-0.2, 0) is 16.0 Å². The number of nitrogens with zero attached hydrogens (tertiary/aromatic N) is 2. The molecule has 0 aliphatic carbocycles. The lowest BCUT2D eigenvalue weighted by Gasteiger charge is -2.32. The number of hydrogen-bond donors (Lipinski definition) is 1. The van der Waals surface area contributed by atoms with Gasteiger partial charge in [0.05, 0.1) is 6.61 Å². The maximum absolute atomic E-state index is 13.8. The third-order valence-electron chi connectivity index (χ3n) is 5.92. The number of hydrogen-bond acceptors (Lipinski definition) is 5. The Morgan fingerprint density at radius 2 is 1.57 bits per heavy atom. The lowest BCUT2D eigenvalue weighted by molar-refractivity contribution is -0.121. The van der Waals surface area contributed by atoms with Crippen molar-refractivity contribution in [3.63, 3.8) is 0 Å². The number of rotatable bonds is 13. The van der Waals surface area contributed by atoms with E-state index in [2.05, 4.69) is 24.1 Å². The number of carbonyl (C=O) groups excluding carboxylic acids is 2. The van der Waals surface area contributed by atoms with Crippen LogP contribution >= 0.6 is 0 Å². The molecule has 0 fully saturated rings. The molecule has 2 amide bonds. The number of nitrogens with one attached hydrogen (secondary N) is 1. The van der Waals surface area contributed by atoms with E-state index in [4.69, 9.17) is 9.47 Å². The van der Waals surface area contributed by atoms with Crippen molar-refractivity contribution >= 4 is 17.7 Å². The van der Waals surface area contributed by atoms with Crippen LogP contribution in [0.4, 0.5) is 10.5 Å². The topological polar surface area (TPSA) is 71.1 Å². The number of amides is 2. The molecule has 0 saturated carbocycles. The smallest absolute Gasteiger partial charge is 0.408 e. The number of benzene rings is 2. The Bertz CT molecular complexity index is 951. The molecule has 0 aromatic heterocycles. The van der Waals surface area contributed by atoms with Gasteiger partial charge in [-0.1, -0.05) is 44.2 Å². The predicted octanol–water partition coefficient (Wildman–Crippen LogP) is 5.67. The second-order valence-electron chi connectivity index (χ2n) is 10.4. The number of anilines is 1. The van der Waals surface area contributed by atoms with Gasteiger partial charge in [0.25, 0.3) is 0 Å². The summed E-state index contributed by atoms with van der Waals surface area (Å²) in [6.45, 7) is 17.4. The average Bonchev–Trinajstić information content (AvgIpc) is 2.84. The van der Waals surface area contributed by atoms with Crippen molar-refractivity contribution in [3.05, 3.63) is 60.2 Å². The Kier molecular flexibility index (Phi) is 11.9. The Morgan fingerprint density at radius 1 is 0.946 bits per heavy atom. The molecule has 0 aliphatic rings. The highest BCUT2D eigenvalue weighted by Gasteiger charge is 2.30. The van der Waals surface area contributed by atoms with Gasteiger partial charge >= 0.3 is 6.09 Å². The largest absolute Gasteiger partial charge is 0.494 e. The Hall–Kier alpha value is -3.06. The predicted molar refractivity (Wildman–Crippen MR) is 150 cm³/mol. The van der Waals surface area contributed by atoms with E-state index in [9.17, 15) is 9.59 Å². The van der Waals surface area contributed by atoms with Gasteiger partial charge in [-0.2, -0.15) is 0 Å². The molecule has 0 saturated heterocycles. The molecule has 1 atom stereocenters. The fourth-order valence-corrected chi connectivity index (χ4v) is 4.07. The van der Waals surface area contributed by atoms with Crippen molar-refractivity contribution in [1.29, 1.82) is 0 Å². The molecule has 2 rings (SSSR count). The summed E-state index contributed by atoms with van der Waals surface area (Å²) in [6.07, 6.45) is 0.701. The number of ether oxygens (including phenoxy) is 2. The summed E-state index contributed by atoms with van der Waals surface area (Å²) in [5.74, 6) is 0.574. The first-order chi connectivity index (χ1) is 17.5. The maximum Gasteiger partial charge on any atom is 0.408 e. The highest BCUT2D eigenvalue weighted by atomic mass is 16.6. The molecule has 0 heterocycles. The molecule has 2 aromatic carbocycles. The Balaban J connectivity index is 2.16. The summed E-state index contributed by atoms with van der Waals surface area (Å²) in [5.41, 5.74) is 1.04. The molecule has 0 aliphatic heterocycles. The van der Waals surface area contributed by atoms with Gasteiger partial charge in [0.15, 0.2) is 0 Å². The first-order valence-corrected chi connectivity index (χ1v) is 13.4. The summed E-state index contributed by atoms with van der Waals surface area (Å²) >= 11 is 0. The maximum atomic E-state index is 13.8. The van der Waals surface area contributed by atoms with Gasteiger partial charge in [0, 0.05) is 24.7 Å². The second-order valence-corrected chi connectivity index (χ2v) is 10.4. The second kappa shape index (κ2) is 14.6. The van der Waals surface area contributed by atoms with Crippen LogP contribution in [0.5, 0.6) is 5.75 Å². The van der Waals surface area contributed by atoms with Crippen LogP contribution in [0.25, 0.3) is 0 Å². The zero-order chi connectivity index (χ0) is 27.4. The average molecular weight is 512 g/mol. The summed E-state index contributed by atoms with van der Waals surface area (Å²) in [7, 11) is 0. The molecule has 7 heteroatoms. The van der Waals surface area contributed by atoms with E-state index >= 15 is 0 Å². The van der Waals surface area contributed by atoms with Gasteiger partial charge < -0.3 is 24.6 Å². The van der Waals surface area contributed by atoms with Crippen LogP contribution in [0, 0.1) is 0 Å². The van der Waals surface area contributed by atoms with Crippen LogP contribution in [0.1, 0.15) is 60.5 Å². The molecule has 0 unspecified atom stereocenters. The van der Waals surface area contributed by atoms with Crippen molar-refractivity contribution in [2.75, 3.05) is 31.1 Å². The first kappa shape index (κ1) is 30.2. The van der Waals surface area contributed by atoms with Crippen LogP contribution < -0.4 is 15.0 Å². The highest BCUT2D eigenvalue weighted by molar-refractivity contribution is 5.99. The summed E-state index contributed by atoms with van der Waals surface area (Å²) in [6, 6.07) is 16.3. The molecular formula is C30H45N3O4. The standard InChI is InChI=1S/C30H45N3O4/c1-8-32(9-2)20-13-21-36-26-18-16-25(17-19-26)33(23(3)4)28(34)27(22-24-14-11-10-12-15-24)31-29(35)37-30(5,6)7/h10-12,14-19,23,27H,8-9,13,20-22H2,1-7H3,(H,31,35)/t27-/m1/s1. The van der Waals surface area contributed by atoms with E-state index in [1.54, 1.807) is 25.7 Å². The Morgan fingerprint density at radius 3 is 2.11 bits per heavy atom. The lowest BCUT2D eigenvalue weighted by Crippen LogP contribution is -2.52. The molecule has 0 spiro atoms. The molecule has 1 N–H and O–H groups in total. The normalized spacial score (nSPS) is 12.4. The monoisotopic (exact) mass is 511 g/mol. The summed E-state index contributed by atoms with van der Waals surface area (Å²) in [5, 5.41) is 2.81. The van der Waals surface area contributed by atoms with Crippen LogP contribution in [-0.4, -0.2) is 60.8 Å². The summed E-state index contributed by atoms with van der Waals surface area (Å²) in [4.78, 5) is 30.5. The third kappa shape index (κ3) is 10.4. The van der Waals surface area contributed by atoms with E-state index in [0.29, 0.717) is 13.0 Å². The van der Waals surface area contributed by atoms with Gasteiger partial charge in [-0.25, -0.2) is 4.79 Å². The van der Waals surface area contributed by atoms with Crippen LogP contribution in [0.15, 0.2) is 54.6 Å². The minimum Gasteiger partial charge on any atom is -0.494 e. The highest BCUT2D eigenvalue weighted by Crippen LogP contribution is 2.23. The minimum atomic E-state index is -0.782. The van der Waals surface area contributed by atoms with Crippen molar-refractivity contribution in [1.82, 2.24) is 10.2 Å². The fourth-order valence-electron chi connectivity index (χ4n) is 4.07. The van der Waals surface area contributed by atoms with E-state index < -0.39 is 17.7 Å². The third-order valence-corrected chi connectivity index (χ3v) is 5.92. The molecule has 204 valence electrons. The summed E-state index contributed by atoms with van der Waals surface area (Å²) < 4.78 is 11.4. The van der Waals surface area contributed by atoms with Gasteiger partial charge in [-0.05, 0) is 84.0 Å². The van der Waals surface area contributed by atoms with Gasteiger partial charge in [-0.15, -0.1) is 0 Å². The quantitative estimate of drug-likeness (QED) is 0.351. The molecule has 7 nitrogen and oxygen atoms in total. The molecule has 2 aromatic rings. The Labute approximate surface area is 223 Å². The molecular weight excluding hydrogens is 466 g/mol. The molecule has 0 radical (unpaired) electrons. The van der Waals surface area contributed by atoms with Gasteiger partial charge in [0.1, 0.15) is 17.4 Å². The van der Waals surface area contributed by atoms with E-state index in [1.165, 1.54) is 0 Å². The first-order valence-electron chi connectivity index (χ1n) is 13.4. The zero-order valence-corrected chi connectivity index (χ0v) is 23.6. The van der Waals surface area contributed by atoms with Crippen molar-refractivity contribution in [2.24, 2.45) is 0 Å². The van der Waals surface area contributed by atoms with Crippen molar-refractivity contribution < 1.29 is 19.1 Å². The fraction of sp³-hybridized carbons (Fsp3) is 0.533. The van der Waals surface area contributed by atoms with Crippen LogP contribution in [0.3, 0.4) is 0 Å². The molecule has 37 heavy (non-hydrogen) atoms. The zero-order valence-electron chi connectivity index (χ0n) is 23.6. The molecule has 0 bridgehead atoms.